The maximum absolute atomic E-state index is 11.2. The van der Waals surface area contributed by atoms with E-state index < -0.39 is 0 Å². The van der Waals surface area contributed by atoms with Crippen LogP contribution in [0.3, 0.4) is 0 Å². The predicted octanol–water partition coefficient (Wildman–Crippen LogP) is 1.49. The van der Waals surface area contributed by atoms with Crippen LogP contribution in [0.25, 0.3) is 0 Å². The lowest BCUT2D eigenvalue weighted by molar-refractivity contribution is -0.384. The van der Waals surface area contributed by atoms with Crippen molar-refractivity contribution in [2.45, 2.75) is 26.0 Å². The van der Waals surface area contributed by atoms with Gasteiger partial charge in [0.2, 0.25) is 0 Å². The number of rotatable bonds is 3. The summed E-state index contributed by atoms with van der Waals surface area (Å²) in [7, 11) is 0. The quantitative estimate of drug-likeness (QED) is 0.662. The van der Waals surface area contributed by atoms with Crippen molar-refractivity contribution < 1.29 is 14.8 Å². The fourth-order valence-corrected chi connectivity index (χ4v) is 2.29. The molecule has 0 saturated carbocycles. The number of morpholine rings is 1. The van der Waals surface area contributed by atoms with Gasteiger partial charge in [0.1, 0.15) is 5.69 Å². The molecule has 1 N–H and O–H groups in total. The fraction of sp³-hybridized carbons (Fsp3) is 0.538. The maximum atomic E-state index is 11.2. The summed E-state index contributed by atoms with van der Waals surface area (Å²) >= 11 is 0. The molecule has 1 aliphatic rings. The molecule has 0 radical (unpaired) electrons. The van der Waals surface area contributed by atoms with E-state index in [0.29, 0.717) is 18.8 Å². The number of nitrogens with zero attached hydrogens (tertiary/aromatic N) is 2. The smallest absolute Gasteiger partial charge is 0.292 e. The number of ether oxygens (including phenoxy) is 1. The van der Waals surface area contributed by atoms with Crippen LogP contribution in [0.15, 0.2) is 18.2 Å². The average molecular weight is 266 g/mol. The van der Waals surface area contributed by atoms with Gasteiger partial charge in [-0.2, -0.15) is 0 Å². The second-order valence-corrected chi connectivity index (χ2v) is 4.89. The van der Waals surface area contributed by atoms with Crippen LogP contribution in [-0.4, -0.2) is 41.9 Å². The number of aryl methyl sites for hydroxylation is 1. The minimum Gasteiger partial charge on any atom is -0.394 e. The second-order valence-electron chi connectivity index (χ2n) is 4.89. The first-order chi connectivity index (χ1) is 9.02. The zero-order valence-electron chi connectivity index (χ0n) is 11.1. The number of hydrogen-bond donors (Lipinski definition) is 1. The normalized spacial score (nSPS) is 23.4. The average Bonchev–Trinajstić information content (AvgIpc) is 2.39. The zero-order valence-corrected chi connectivity index (χ0v) is 11.1. The number of aliphatic hydroxyl groups is 1. The molecule has 0 bridgehead atoms. The van der Waals surface area contributed by atoms with Crippen molar-refractivity contribution in [3.63, 3.8) is 0 Å². The van der Waals surface area contributed by atoms with Crippen LogP contribution < -0.4 is 4.90 Å². The first-order valence-corrected chi connectivity index (χ1v) is 6.27. The van der Waals surface area contributed by atoms with Crippen LogP contribution in [0.4, 0.5) is 11.4 Å². The summed E-state index contributed by atoms with van der Waals surface area (Å²) < 4.78 is 5.45. The standard InChI is InChI=1S/C13H18N2O4/c1-9-3-4-12(13(5-9)15(17)18)14-6-11(7-16)19-8-10(14)2/h3-5,10-11,16H,6-8H2,1-2H3. The van der Waals surface area contributed by atoms with Crippen molar-refractivity contribution in [2.24, 2.45) is 0 Å². The molecule has 0 aliphatic carbocycles. The molecule has 1 heterocycles. The van der Waals surface area contributed by atoms with Gasteiger partial charge in [0.15, 0.2) is 0 Å². The number of anilines is 1. The molecule has 1 aliphatic heterocycles. The van der Waals surface area contributed by atoms with Gasteiger partial charge in [-0.1, -0.05) is 6.07 Å². The Balaban J connectivity index is 2.36. The molecule has 2 atom stereocenters. The van der Waals surface area contributed by atoms with Crippen LogP contribution in [0.5, 0.6) is 0 Å². The van der Waals surface area contributed by atoms with Crippen molar-refractivity contribution in [3.05, 3.63) is 33.9 Å². The van der Waals surface area contributed by atoms with Crippen molar-refractivity contribution in [2.75, 3.05) is 24.7 Å². The zero-order chi connectivity index (χ0) is 14.0. The van der Waals surface area contributed by atoms with E-state index in [0.717, 1.165) is 5.56 Å². The van der Waals surface area contributed by atoms with Gasteiger partial charge in [0, 0.05) is 18.7 Å². The van der Waals surface area contributed by atoms with E-state index in [1.165, 1.54) is 0 Å². The summed E-state index contributed by atoms with van der Waals surface area (Å²) in [6, 6.07) is 5.25. The molecule has 0 spiro atoms. The topological polar surface area (TPSA) is 75.8 Å². The molecular weight excluding hydrogens is 248 g/mol. The number of nitro groups is 1. The van der Waals surface area contributed by atoms with Gasteiger partial charge >= 0.3 is 0 Å². The van der Waals surface area contributed by atoms with E-state index in [9.17, 15) is 15.2 Å². The van der Waals surface area contributed by atoms with E-state index in [-0.39, 0.29) is 29.4 Å². The van der Waals surface area contributed by atoms with Crippen molar-refractivity contribution in [1.29, 1.82) is 0 Å². The lowest BCUT2D eigenvalue weighted by Crippen LogP contribution is -2.49. The molecule has 6 heteroatoms. The highest BCUT2D eigenvalue weighted by molar-refractivity contribution is 5.65. The van der Waals surface area contributed by atoms with Gasteiger partial charge in [0.25, 0.3) is 5.69 Å². The first-order valence-electron chi connectivity index (χ1n) is 6.27. The third-order valence-electron chi connectivity index (χ3n) is 3.35. The third-order valence-corrected chi connectivity index (χ3v) is 3.35. The molecule has 2 rings (SSSR count). The summed E-state index contributed by atoms with van der Waals surface area (Å²) in [5, 5.41) is 20.4. The fourth-order valence-electron chi connectivity index (χ4n) is 2.29. The van der Waals surface area contributed by atoms with Crippen LogP contribution in [0.2, 0.25) is 0 Å². The maximum Gasteiger partial charge on any atom is 0.292 e. The van der Waals surface area contributed by atoms with Gasteiger partial charge in [-0.05, 0) is 25.5 Å². The van der Waals surface area contributed by atoms with E-state index in [1.807, 2.05) is 24.8 Å². The largest absolute Gasteiger partial charge is 0.394 e. The predicted molar refractivity (Wildman–Crippen MR) is 71.5 cm³/mol. The SMILES string of the molecule is Cc1ccc(N2CC(CO)OCC2C)c([N+](=O)[O-])c1. The molecule has 6 nitrogen and oxygen atoms in total. The van der Waals surface area contributed by atoms with Gasteiger partial charge in [-0.15, -0.1) is 0 Å². The Morgan fingerprint density at radius 1 is 1.58 bits per heavy atom. The Morgan fingerprint density at radius 3 is 2.95 bits per heavy atom. The number of hydrogen-bond acceptors (Lipinski definition) is 5. The Hall–Kier alpha value is -1.66. The number of aliphatic hydroxyl groups excluding tert-OH is 1. The molecule has 0 aromatic heterocycles. The van der Waals surface area contributed by atoms with Crippen molar-refractivity contribution in [1.82, 2.24) is 0 Å². The van der Waals surface area contributed by atoms with E-state index in [4.69, 9.17) is 4.74 Å². The van der Waals surface area contributed by atoms with Gasteiger partial charge in [0.05, 0.1) is 24.2 Å². The highest BCUT2D eigenvalue weighted by atomic mass is 16.6. The summed E-state index contributed by atoms with van der Waals surface area (Å²) in [4.78, 5) is 12.7. The molecule has 104 valence electrons. The Bertz CT molecular complexity index is 478. The Morgan fingerprint density at radius 2 is 2.32 bits per heavy atom. The van der Waals surface area contributed by atoms with Gasteiger partial charge < -0.3 is 14.7 Å². The second kappa shape index (κ2) is 5.54. The molecule has 2 unspecified atom stereocenters. The van der Waals surface area contributed by atoms with E-state index in [2.05, 4.69) is 0 Å². The van der Waals surface area contributed by atoms with E-state index >= 15 is 0 Å². The molecule has 19 heavy (non-hydrogen) atoms. The molecular formula is C13H18N2O4. The molecule has 0 amide bonds. The monoisotopic (exact) mass is 266 g/mol. The molecule has 1 saturated heterocycles. The highest BCUT2D eigenvalue weighted by Crippen LogP contribution is 2.32. The molecule has 1 fully saturated rings. The number of benzene rings is 1. The van der Waals surface area contributed by atoms with Gasteiger partial charge in [-0.3, -0.25) is 10.1 Å². The Labute approximate surface area is 111 Å². The third kappa shape index (κ3) is 2.85. The lowest BCUT2D eigenvalue weighted by Gasteiger charge is -2.38. The van der Waals surface area contributed by atoms with Crippen molar-refractivity contribution >= 4 is 11.4 Å². The minimum absolute atomic E-state index is 0.0456. The summed E-state index contributed by atoms with van der Waals surface area (Å²) in [6.07, 6.45) is -0.294. The first kappa shape index (κ1) is 13.8. The minimum atomic E-state index is -0.363. The summed E-state index contributed by atoms with van der Waals surface area (Å²) in [5.41, 5.74) is 1.55. The van der Waals surface area contributed by atoms with Crippen LogP contribution in [-0.2, 0) is 4.74 Å². The van der Waals surface area contributed by atoms with Crippen molar-refractivity contribution in [3.8, 4) is 0 Å². The van der Waals surface area contributed by atoms with Crippen LogP contribution in [0.1, 0.15) is 12.5 Å². The number of nitro benzene ring substituents is 1. The highest BCUT2D eigenvalue weighted by Gasteiger charge is 2.30. The molecule has 1 aromatic rings. The Kier molecular flexibility index (Phi) is 4.01. The van der Waals surface area contributed by atoms with Gasteiger partial charge in [-0.25, -0.2) is 0 Å². The molecule has 1 aromatic carbocycles. The summed E-state index contributed by atoms with van der Waals surface area (Å²) in [6.45, 7) is 4.62. The summed E-state index contributed by atoms with van der Waals surface area (Å²) in [5.74, 6) is 0. The van der Waals surface area contributed by atoms with Crippen LogP contribution >= 0.6 is 0 Å². The van der Waals surface area contributed by atoms with E-state index in [1.54, 1.807) is 12.1 Å². The lowest BCUT2D eigenvalue weighted by atomic mass is 10.1. The van der Waals surface area contributed by atoms with Crippen LogP contribution in [0, 0.1) is 17.0 Å².